The van der Waals surface area contributed by atoms with E-state index in [1.165, 1.54) is 16.1 Å². The minimum atomic E-state index is -0.556. The fraction of sp³-hybridized carbons (Fsp3) is 0.188. The molecule has 1 aliphatic carbocycles. The molecule has 0 heterocycles. The van der Waals surface area contributed by atoms with Crippen LogP contribution in [0.2, 0.25) is 0 Å². The number of rotatable bonds is 1. The van der Waals surface area contributed by atoms with Gasteiger partial charge in [-0.25, -0.2) is 12.2 Å². The summed E-state index contributed by atoms with van der Waals surface area (Å²) in [4.78, 5) is 0. The second-order valence-electron chi connectivity index (χ2n) is 4.31. The van der Waals surface area contributed by atoms with E-state index in [2.05, 4.69) is 61.9 Å². The van der Waals surface area contributed by atoms with Crippen molar-refractivity contribution >= 4 is 42.6 Å². The van der Waals surface area contributed by atoms with Gasteiger partial charge in [0.25, 0.3) is 0 Å². The third-order valence-corrected chi connectivity index (χ3v) is 4.00. The molecule has 2 aromatic rings. The normalized spacial score (nSPS) is 11.8. The van der Waals surface area contributed by atoms with Crippen molar-refractivity contribution in [2.45, 2.75) is 6.42 Å². The molecule has 20 heavy (non-hydrogen) atoms. The Hall–Kier alpha value is 0.0343. The van der Waals surface area contributed by atoms with Crippen LogP contribution in [0, 0.1) is 6.08 Å². The Morgan fingerprint density at radius 2 is 1.95 bits per heavy atom. The topological polar surface area (TPSA) is 0 Å². The van der Waals surface area contributed by atoms with E-state index in [0.29, 0.717) is 0 Å². The molecule has 0 N–H and O–H groups in total. The first kappa shape index (κ1) is 18.1. The number of halogens is 2. The van der Waals surface area contributed by atoms with Crippen LogP contribution in [0.1, 0.15) is 6.42 Å². The summed E-state index contributed by atoms with van der Waals surface area (Å²) < 4.78 is 0. The van der Waals surface area contributed by atoms with Crippen LogP contribution in [-0.2, 0) is 17.0 Å². The summed E-state index contributed by atoms with van der Waals surface area (Å²) in [6, 6.07) is 13.2. The SMILES string of the molecule is CP(C)c1cc2ccccc2[cH-]1.[C-]1=CC=CC1.[Cl][Ti][Cl]. The van der Waals surface area contributed by atoms with E-state index in [4.69, 9.17) is 18.6 Å². The Morgan fingerprint density at radius 3 is 2.40 bits per heavy atom. The van der Waals surface area contributed by atoms with Gasteiger partial charge in [-0.05, 0) is 13.3 Å². The molecule has 0 unspecified atom stereocenters. The minimum absolute atomic E-state index is 0.0576. The van der Waals surface area contributed by atoms with E-state index < -0.39 is 17.0 Å². The third kappa shape index (κ3) is 6.66. The van der Waals surface area contributed by atoms with Crippen LogP contribution in [0.4, 0.5) is 0 Å². The Morgan fingerprint density at radius 1 is 1.25 bits per heavy atom. The van der Waals surface area contributed by atoms with E-state index in [1.54, 1.807) is 0 Å². The number of benzene rings is 1. The predicted octanol–water partition coefficient (Wildman–Crippen LogP) is 5.61. The fourth-order valence-corrected chi connectivity index (χ4v) is 2.53. The second-order valence-corrected chi connectivity index (χ2v) is 9.20. The van der Waals surface area contributed by atoms with Crippen molar-refractivity contribution in [2.75, 3.05) is 13.3 Å². The molecule has 0 spiro atoms. The van der Waals surface area contributed by atoms with Gasteiger partial charge in [-0.2, -0.15) is 12.1 Å². The number of allylic oxidation sites excluding steroid dienone is 4. The number of hydrogen-bond acceptors (Lipinski definition) is 0. The first-order valence-electron chi connectivity index (χ1n) is 6.20. The summed E-state index contributed by atoms with van der Waals surface area (Å²) in [7, 11) is 9.84. The predicted molar refractivity (Wildman–Crippen MR) is 91.2 cm³/mol. The summed E-state index contributed by atoms with van der Waals surface area (Å²) >= 11 is -0.556. The Kier molecular flexibility index (Phi) is 9.69. The molecule has 0 nitrogen and oxygen atoms in total. The van der Waals surface area contributed by atoms with Crippen LogP contribution >= 0.6 is 26.5 Å². The molecule has 0 atom stereocenters. The van der Waals surface area contributed by atoms with E-state index >= 15 is 0 Å². The van der Waals surface area contributed by atoms with Gasteiger partial charge in [0.1, 0.15) is 0 Å². The summed E-state index contributed by atoms with van der Waals surface area (Å²) in [5.74, 6) is 0. The molecule has 0 saturated carbocycles. The molecular formula is C16H17Cl2PTi-2. The van der Waals surface area contributed by atoms with Gasteiger partial charge in [-0.15, -0.1) is 54.7 Å². The molecule has 1 aliphatic rings. The van der Waals surface area contributed by atoms with Gasteiger partial charge in [-0.3, -0.25) is 6.08 Å². The zero-order chi connectivity index (χ0) is 14.8. The van der Waals surface area contributed by atoms with E-state index in [-0.39, 0.29) is 7.92 Å². The van der Waals surface area contributed by atoms with Gasteiger partial charge in [-0.1, -0.05) is 6.07 Å². The first-order chi connectivity index (χ1) is 9.69. The average molecular weight is 359 g/mol. The molecule has 106 valence electrons. The van der Waals surface area contributed by atoms with E-state index in [0.717, 1.165) is 6.42 Å². The molecule has 2 aromatic carbocycles. The van der Waals surface area contributed by atoms with Crippen LogP contribution in [-0.4, -0.2) is 13.3 Å². The van der Waals surface area contributed by atoms with Gasteiger partial charge >= 0.3 is 35.6 Å². The van der Waals surface area contributed by atoms with Gasteiger partial charge < -0.3 is 0 Å². The Balaban J connectivity index is 0.000000208. The molecule has 0 radical (unpaired) electrons. The molecule has 0 amide bonds. The quantitative estimate of drug-likeness (QED) is 0.353. The van der Waals surface area contributed by atoms with Crippen LogP contribution in [0.3, 0.4) is 0 Å². The number of fused-ring (bicyclic) bond motifs is 1. The Labute approximate surface area is 139 Å². The van der Waals surface area contributed by atoms with Crippen molar-refractivity contribution in [2.24, 2.45) is 0 Å². The van der Waals surface area contributed by atoms with Crippen molar-refractivity contribution in [1.29, 1.82) is 0 Å². The maximum absolute atomic E-state index is 4.89. The van der Waals surface area contributed by atoms with E-state index in [1.807, 2.05) is 12.2 Å². The van der Waals surface area contributed by atoms with Crippen molar-refractivity contribution in [3.63, 3.8) is 0 Å². The average Bonchev–Trinajstić information content (AvgIpc) is 3.12. The van der Waals surface area contributed by atoms with Gasteiger partial charge in [0, 0.05) is 0 Å². The molecular weight excluding hydrogens is 342 g/mol. The maximum atomic E-state index is 4.89. The van der Waals surface area contributed by atoms with Crippen molar-refractivity contribution in [3.05, 3.63) is 60.7 Å². The van der Waals surface area contributed by atoms with Crippen molar-refractivity contribution in [3.8, 4) is 0 Å². The standard InChI is InChI=1S/C11H12P.C5H5.2ClH.Ti/c1-12(2)11-7-9-5-3-4-6-10(9)8-11;1-2-4-5-3-1;;;/h3-8H,1-2H3;1-3H,4H2;2*1H;/q2*-1;;;+2/p-2. The van der Waals surface area contributed by atoms with Crippen LogP contribution in [0.15, 0.2) is 54.6 Å². The Bertz CT molecular complexity index is 515. The summed E-state index contributed by atoms with van der Waals surface area (Å²) in [5.41, 5.74) is 0. The zero-order valence-corrected chi connectivity index (χ0v) is 15.6. The van der Waals surface area contributed by atoms with Gasteiger partial charge in [0.05, 0.1) is 0 Å². The van der Waals surface area contributed by atoms with Crippen molar-refractivity contribution in [1.82, 2.24) is 0 Å². The van der Waals surface area contributed by atoms with Crippen LogP contribution in [0.5, 0.6) is 0 Å². The molecule has 0 aromatic heterocycles. The van der Waals surface area contributed by atoms with Crippen molar-refractivity contribution < 1.29 is 17.0 Å². The van der Waals surface area contributed by atoms with E-state index in [9.17, 15) is 0 Å². The number of hydrogen-bond donors (Lipinski definition) is 0. The zero-order valence-electron chi connectivity index (χ0n) is 11.6. The third-order valence-electron chi connectivity index (χ3n) is 2.71. The first-order valence-corrected chi connectivity index (χ1v) is 12.7. The molecule has 4 heteroatoms. The molecule has 0 bridgehead atoms. The van der Waals surface area contributed by atoms with Crippen LogP contribution < -0.4 is 5.30 Å². The summed E-state index contributed by atoms with van der Waals surface area (Å²) in [6.07, 6.45) is 10.0. The summed E-state index contributed by atoms with van der Waals surface area (Å²) in [6.45, 7) is 4.59. The second kappa shape index (κ2) is 10.7. The molecule has 3 rings (SSSR count). The fourth-order valence-electron chi connectivity index (χ4n) is 1.73. The van der Waals surface area contributed by atoms with Crippen LogP contribution in [0.25, 0.3) is 10.8 Å². The summed E-state index contributed by atoms with van der Waals surface area (Å²) in [5, 5.41) is 4.26. The molecule has 0 fully saturated rings. The molecule has 0 aliphatic heterocycles. The molecule has 0 saturated heterocycles. The monoisotopic (exact) mass is 358 g/mol. The van der Waals surface area contributed by atoms with Gasteiger partial charge in [0.2, 0.25) is 0 Å². The van der Waals surface area contributed by atoms with Gasteiger partial charge in [0.15, 0.2) is 0 Å².